The van der Waals surface area contributed by atoms with E-state index in [1.54, 1.807) is 12.3 Å². The predicted molar refractivity (Wildman–Crippen MR) is 87.7 cm³/mol. The van der Waals surface area contributed by atoms with Crippen molar-refractivity contribution in [1.29, 1.82) is 0 Å². The topological polar surface area (TPSA) is 70.5 Å². The smallest absolute Gasteiger partial charge is 0.361 e. The van der Waals surface area contributed by atoms with Crippen molar-refractivity contribution >= 4 is 27.8 Å². The molecule has 0 atom stereocenters. The van der Waals surface area contributed by atoms with Gasteiger partial charge in [0.15, 0.2) is 0 Å². The Kier molecular flexibility index (Phi) is 3.16. The molecular weight excluding hydrogens is 288 g/mol. The molecule has 0 saturated heterocycles. The number of H-pyrrole nitrogens is 1. The Bertz CT molecular complexity index is 1110. The molecule has 3 heterocycles. The SMILES string of the molecule is O=C1N=c2ccc3cccnc3c2=N1.c1ccc2[nH]ccc2c1. The van der Waals surface area contributed by atoms with Gasteiger partial charge in [-0.15, -0.1) is 0 Å². The van der Waals surface area contributed by atoms with Crippen molar-refractivity contribution in [2.24, 2.45) is 9.98 Å². The summed E-state index contributed by atoms with van der Waals surface area (Å²) in [6, 6.07) is 17.3. The fraction of sp³-hybridized carbons (Fsp3) is 0. The van der Waals surface area contributed by atoms with Gasteiger partial charge in [0.2, 0.25) is 0 Å². The first-order valence-corrected chi connectivity index (χ1v) is 7.18. The van der Waals surface area contributed by atoms with E-state index in [4.69, 9.17) is 0 Å². The lowest BCUT2D eigenvalue weighted by atomic mass is 10.2. The first-order chi connectivity index (χ1) is 11.3. The number of hydrogen-bond donors (Lipinski definition) is 1. The number of rotatable bonds is 0. The van der Waals surface area contributed by atoms with Crippen molar-refractivity contribution in [3.8, 4) is 0 Å². The lowest BCUT2D eigenvalue weighted by Crippen LogP contribution is -2.22. The molecule has 5 heteroatoms. The van der Waals surface area contributed by atoms with Crippen LogP contribution in [0.1, 0.15) is 0 Å². The van der Waals surface area contributed by atoms with E-state index in [9.17, 15) is 4.79 Å². The van der Waals surface area contributed by atoms with E-state index in [0.717, 1.165) is 10.9 Å². The molecule has 4 aromatic rings. The summed E-state index contributed by atoms with van der Waals surface area (Å²) in [7, 11) is 0. The lowest BCUT2D eigenvalue weighted by Gasteiger charge is -1.92. The molecule has 2 aromatic heterocycles. The van der Waals surface area contributed by atoms with Crippen LogP contribution in [0, 0.1) is 0 Å². The molecule has 5 rings (SSSR count). The van der Waals surface area contributed by atoms with Crippen LogP contribution >= 0.6 is 0 Å². The van der Waals surface area contributed by atoms with Gasteiger partial charge in [-0.25, -0.2) is 4.79 Å². The normalized spacial score (nSPS) is 12.3. The average molecular weight is 300 g/mol. The maximum Gasteiger partial charge on any atom is 0.368 e. The van der Waals surface area contributed by atoms with Crippen molar-refractivity contribution in [2.45, 2.75) is 0 Å². The number of para-hydroxylation sites is 1. The zero-order valence-electron chi connectivity index (χ0n) is 12.1. The van der Waals surface area contributed by atoms with Gasteiger partial charge >= 0.3 is 6.03 Å². The summed E-state index contributed by atoms with van der Waals surface area (Å²) in [6.45, 7) is 0. The first kappa shape index (κ1) is 13.3. The summed E-state index contributed by atoms with van der Waals surface area (Å²) < 4.78 is 0. The molecule has 0 saturated carbocycles. The van der Waals surface area contributed by atoms with Gasteiger partial charge in [0.1, 0.15) is 5.36 Å². The minimum atomic E-state index is -0.446. The number of nitrogens with zero attached hydrogens (tertiary/aromatic N) is 3. The Hall–Kier alpha value is -3.34. The quantitative estimate of drug-likeness (QED) is 0.542. The Morgan fingerprint density at radius 1 is 0.826 bits per heavy atom. The highest BCUT2D eigenvalue weighted by atomic mass is 16.2. The number of aromatic amines is 1. The summed E-state index contributed by atoms with van der Waals surface area (Å²) in [5, 5.41) is 3.45. The maximum atomic E-state index is 11.0. The first-order valence-electron chi connectivity index (χ1n) is 7.18. The standard InChI is InChI=1S/C10H5N3O.C8H7N/c14-10-12-7-4-3-6-2-1-5-11-8(6)9(7)13-10;1-2-4-8-7(3-1)5-6-9-8/h1-5H;1-6,9H. The molecule has 0 bridgehead atoms. The molecule has 2 aromatic carbocycles. The van der Waals surface area contributed by atoms with Crippen molar-refractivity contribution in [2.75, 3.05) is 0 Å². The molecule has 1 aliphatic rings. The number of carbonyl (C=O) groups excluding carboxylic acids is 1. The molecule has 0 spiro atoms. The Labute approximate surface area is 131 Å². The van der Waals surface area contributed by atoms with E-state index in [1.807, 2.05) is 36.5 Å². The van der Waals surface area contributed by atoms with Crippen LogP contribution in [0.25, 0.3) is 21.8 Å². The van der Waals surface area contributed by atoms with Crippen LogP contribution in [0.5, 0.6) is 0 Å². The van der Waals surface area contributed by atoms with E-state index < -0.39 is 6.03 Å². The number of carbonyl (C=O) groups is 1. The fourth-order valence-corrected chi connectivity index (χ4v) is 2.54. The van der Waals surface area contributed by atoms with Crippen LogP contribution in [-0.2, 0) is 0 Å². The Morgan fingerprint density at radius 3 is 2.61 bits per heavy atom. The monoisotopic (exact) mass is 300 g/mol. The van der Waals surface area contributed by atoms with Crippen molar-refractivity contribution in [3.63, 3.8) is 0 Å². The highest BCUT2D eigenvalue weighted by molar-refractivity contribution is 5.83. The number of nitrogens with one attached hydrogen (secondary N) is 1. The molecule has 23 heavy (non-hydrogen) atoms. The van der Waals surface area contributed by atoms with Crippen molar-refractivity contribution < 1.29 is 4.79 Å². The second-order valence-electron chi connectivity index (χ2n) is 5.08. The highest BCUT2D eigenvalue weighted by Gasteiger charge is 2.07. The number of aromatic nitrogens is 2. The number of pyridine rings is 1. The maximum absolute atomic E-state index is 11.0. The van der Waals surface area contributed by atoms with E-state index in [0.29, 0.717) is 10.7 Å². The van der Waals surface area contributed by atoms with Gasteiger partial charge in [-0.2, -0.15) is 9.98 Å². The third-order valence-electron chi connectivity index (χ3n) is 3.61. The van der Waals surface area contributed by atoms with Gasteiger partial charge in [0, 0.05) is 23.3 Å². The van der Waals surface area contributed by atoms with Crippen LogP contribution < -0.4 is 10.7 Å². The predicted octanol–water partition coefficient (Wildman–Crippen LogP) is 2.78. The number of fused-ring (bicyclic) bond motifs is 4. The van der Waals surface area contributed by atoms with Crippen molar-refractivity contribution in [3.05, 3.63) is 77.7 Å². The zero-order chi connectivity index (χ0) is 15.6. The van der Waals surface area contributed by atoms with E-state index in [2.05, 4.69) is 38.2 Å². The zero-order valence-corrected chi connectivity index (χ0v) is 12.1. The van der Waals surface area contributed by atoms with Crippen molar-refractivity contribution in [1.82, 2.24) is 9.97 Å². The van der Waals surface area contributed by atoms with Crippen LogP contribution in [0.15, 0.2) is 77.0 Å². The van der Waals surface area contributed by atoms with Crippen LogP contribution in [0.4, 0.5) is 4.79 Å². The lowest BCUT2D eigenvalue weighted by molar-refractivity contribution is 0.257. The third-order valence-corrected chi connectivity index (χ3v) is 3.61. The molecular formula is C18H12N4O. The van der Waals surface area contributed by atoms with Crippen LogP contribution in [-0.4, -0.2) is 16.0 Å². The molecule has 110 valence electrons. The third kappa shape index (κ3) is 2.48. The van der Waals surface area contributed by atoms with Gasteiger partial charge in [0.05, 0.1) is 10.9 Å². The van der Waals surface area contributed by atoms with Crippen LogP contribution in [0.3, 0.4) is 0 Å². The number of urea groups is 1. The Balaban J connectivity index is 0.000000130. The average Bonchev–Trinajstić information content (AvgIpc) is 3.20. The molecule has 2 amide bonds. The van der Waals surface area contributed by atoms with Gasteiger partial charge in [-0.1, -0.05) is 30.3 Å². The molecule has 5 nitrogen and oxygen atoms in total. The van der Waals surface area contributed by atoms with Gasteiger partial charge in [-0.05, 0) is 29.7 Å². The molecule has 0 radical (unpaired) electrons. The Morgan fingerprint density at radius 2 is 1.70 bits per heavy atom. The summed E-state index contributed by atoms with van der Waals surface area (Å²) >= 11 is 0. The second kappa shape index (κ2) is 5.46. The fourth-order valence-electron chi connectivity index (χ4n) is 2.54. The minimum absolute atomic E-state index is 0.446. The molecule has 0 fully saturated rings. The van der Waals surface area contributed by atoms with E-state index in [-0.39, 0.29) is 0 Å². The highest BCUT2D eigenvalue weighted by Crippen LogP contribution is 2.09. The van der Waals surface area contributed by atoms with Gasteiger partial charge in [0.25, 0.3) is 0 Å². The van der Waals surface area contributed by atoms with Gasteiger partial charge < -0.3 is 4.98 Å². The van der Waals surface area contributed by atoms with Gasteiger partial charge in [-0.3, -0.25) is 4.98 Å². The minimum Gasteiger partial charge on any atom is -0.361 e. The summed E-state index contributed by atoms with van der Waals surface area (Å²) in [5.41, 5.74) is 1.94. The number of benzene rings is 2. The molecule has 1 aliphatic heterocycles. The number of hydrogen-bond acceptors (Lipinski definition) is 2. The largest absolute Gasteiger partial charge is 0.368 e. The number of amides is 2. The summed E-state index contributed by atoms with van der Waals surface area (Å²) in [4.78, 5) is 25.9. The summed E-state index contributed by atoms with van der Waals surface area (Å²) in [5.74, 6) is 0. The van der Waals surface area contributed by atoms with Crippen LogP contribution in [0.2, 0.25) is 0 Å². The second-order valence-corrected chi connectivity index (χ2v) is 5.08. The van der Waals surface area contributed by atoms with E-state index in [1.165, 1.54) is 10.9 Å². The van der Waals surface area contributed by atoms with E-state index >= 15 is 0 Å². The molecule has 1 N–H and O–H groups in total. The molecule has 0 aliphatic carbocycles. The summed E-state index contributed by atoms with van der Waals surface area (Å²) in [6.07, 6.45) is 3.63. The molecule has 0 unspecified atom stereocenters.